The van der Waals surface area contributed by atoms with Crippen molar-refractivity contribution in [2.75, 3.05) is 6.54 Å². The van der Waals surface area contributed by atoms with E-state index in [1.807, 2.05) is 6.92 Å². The zero-order valence-corrected chi connectivity index (χ0v) is 15.8. The standard InChI is InChI=1S/C18H26N4O3S/c1-2-3-7-14(18(23)21-15(11-19)12-9-10-12)20-17-13-6-4-5-8-16(13)26(24,25)22-17/h4-6,8,12,14-15H,2-3,7,9-11,19H2,1H3,(H,20,22)(H,21,23). The summed E-state index contributed by atoms with van der Waals surface area (Å²) in [5, 5.41) is 3.01. The number of benzene rings is 1. The van der Waals surface area contributed by atoms with Gasteiger partial charge in [-0.3, -0.25) is 14.5 Å². The lowest BCUT2D eigenvalue weighted by Gasteiger charge is -2.20. The number of amides is 1. The molecule has 1 aromatic carbocycles. The van der Waals surface area contributed by atoms with E-state index in [2.05, 4.69) is 15.0 Å². The summed E-state index contributed by atoms with van der Waals surface area (Å²) < 4.78 is 27.0. The molecule has 26 heavy (non-hydrogen) atoms. The Hall–Kier alpha value is -1.93. The van der Waals surface area contributed by atoms with Crippen LogP contribution in [0.1, 0.15) is 44.6 Å². The second-order valence-electron chi connectivity index (χ2n) is 6.93. The van der Waals surface area contributed by atoms with Crippen LogP contribution in [0.15, 0.2) is 34.2 Å². The number of nitrogens with two attached hydrogens (primary N) is 1. The number of unbranched alkanes of at least 4 members (excludes halogenated alkanes) is 1. The molecule has 142 valence electrons. The summed E-state index contributed by atoms with van der Waals surface area (Å²) in [5.41, 5.74) is 6.30. The highest BCUT2D eigenvalue weighted by atomic mass is 32.2. The van der Waals surface area contributed by atoms with Crippen molar-refractivity contribution in [3.05, 3.63) is 29.8 Å². The fourth-order valence-corrected chi connectivity index (χ4v) is 4.42. The van der Waals surface area contributed by atoms with Gasteiger partial charge < -0.3 is 11.1 Å². The molecule has 2 unspecified atom stereocenters. The predicted molar refractivity (Wildman–Crippen MR) is 100 cm³/mol. The zero-order valence-electron chi connectivity index (χ0n) is 14.9. The number of rotatable bonds is 8. The maximum absolute atomic E-state index is 12.8. The fraction of sp³-hybridized carbons (Fsp3) is 0.556. The fourth-order valence-electron chi connectivity index (χ4n) is 3.18. The normalized spacial score (nSPS) is 21.7. The van der Waals surface area contributed by atoms with Crippen molar-refractivity contribution in [2.45, 2.75) is 56.0 Å². The summed E-state index contributed by atoms with van der Waals surface area (Å²) in [6.07, 6.45) is 4.50. The number of nitrogens with one attached hydrogen (secondary N) is 2. The first-order chi connectivity index (χ1) is 12.5. The highest BCUT2D eigenvalue weighted by molar-refractivity contribution is 7.90. The van der Waals surface area contributed by atoms with Gasteiger partial charge in [0.05, 0.1) is 4.90 Å². The Balaban J connectivity index is 1.84. The van der Waals surface area contributed by atoms with E-state index in [-0.39, 0.29) is 22.7 Å². The van der Waals surface area contributed by atoms with Crippen molar-refractivity contribution < 1.29 is 13.2 Å². The number of nitrogens with zero attached hydrogens (tertiary/aromatic N) is 1. The molecule has 7 nitrogen and oxygen atoms in total. The third-order valence-electron chi connectivity index (χ3n) is 4.85. The molecule has 8 heteroatoms. The molecule has 0 radical (unpaired) electrons. The molecule has 0 bridgehead atoms. The van der Waals surface area contributed by atoms with Crippen LogP contribution in [0.25, 0.3) is 0 Å². The largest absolute Gasteiger partial charge is 0.350 e. The van der Waals surface area contributed by atoms with Crippen LogP contribution in [0.3, 0.4) is 0 Å². The van der Waals surface area contributed by atoms with Crippen molar-refractivity contribution in [1.82, 2.24) is 10.0 Å². The minimum atomic E-state index is -3.61. The highest BCUT2D eigenvalue weighted by Gasteiger charge is 2.34. The molecule has 1 aliphatic heterocycles. The summed E-state index contributed by atoms with van der Waals surface area (Å²) in [6.45, 7) is 2.45. The molecule has 2 atom stereocenters. The third kappa shape index (κ3) is 4.07. The number of fused-ring (bicyclic) bond motifs is 1. The van der Waals surface area contributed by atoms with Crippen molar-refractivity contribution in [3.8, 4) is 0 Å². The van der Waals surface area contributed by atoms with Gasteiger partial charge in [0.25, 0.3) is 10.0 Å². The predicted octanol–water partition coefficient (Wildman–Crippen LogP) is 1.14. The van der Waals surface area contributed by atoms with E-state index < -0.39 is 16.1 Å². The molecule has 0 aromatic heterocycles. The van der Waals surface area contributed by atoms with Gasteiger partial charge in [-0.1, -0.05) is 31.9 Å². The van der Waals surface area contributed by atoms with E-state index in [4.69, 9.17) is 5.73 Å². The van der Waals surface area contributed by atoms with Crippen LogP contribution in [0, 0.1) is 5.92 Å². The van der Waals surface area contributed by atoms with Gasteiger partial charge in [0, 0.05) is 18.2 Å². The molecule has 1 amide bonds. The first-order valence-electron chi connectivity index (χ1n) is 9.16. The van der Waals surface area contributed by atoms with E-state index in [1.54, 1.807) is 24.3 Å². The Morgan fingerprint density at radius 3 is 2.77 bits per heavy atom. The summed E-state index contributed by atoms with van der Waals surface area (Å²) in [6, 6.07) is 6.01. The first-order valence-corrected chi connectivity index (χ1v) is 10.6. The lowest BCUT2D eigenvalue weighted by molar-refractivity contribution is -0.123. The van der Waals surface area contributed by atoms with Crippen LogP contribution in [0.5, 0.6) is 0 Å². The molecule has 4 N–H and O–H groups in total. The molecule has 1 heterocycles. The quantitative estimate of drug-likeness (QED) is 0.629. The number of hydrogen-bond donors (Lipinski definition) is 3. The summed E-state index contributed by atoms with van der Waals surface area (Å²) in [7, 11) is -3.61. The van der Waals surface area contributed by atoms with Crippen LogP contribution >= 0.6 is 0 Å². The molecule has 0 saturated heterocycles. The van der Waals surface area contributed by atoms with Gasteiger partial charge in [-0.25, -0.2) is 8.42 Å². The average Bonchev–Trinajstić information content (AvgIpc) is 3.43. The van der Waals surface area contributed by atoms with Gasteiger partial charge in [0.2, 0.25) is 5.91 Å². The Kier molecular flexibility index (Phi) is 5.62. The van der Waals surface area contributed by atoms with Crippen LogP contribution in [-0.4, -0.2) is 38.8 Å². The van der Waals surface area contributed by atoms with E-state index in [0.29, 0.717) is 24.4 Å². The number of carbonyl (C=O) groups excluding carboxylic acids is 1. The number of sulfonamides is 1. The maximum atomic E-state index is 12.8. The van der Waals surface area contributed by atoms with E-state index >= 15 is 0 Å². The highest BCUT2D eigenvalue weighted by Crippen LogP contribution is 2.32. The van der Waals surface area contributed by atoms with Crippen LogP contribution in [0.4, 0.5) is 0 Å². The van der Waals surface area contributed by atoms with Crippen LogP contribution in [-0.2, 0) is 14.8 Å². The summed E-state index contributed by atoms with van der Waals surface area (Å²) in [4.78, 5) is 17.5. The second kappa shape index (κ2) is 7.75. The molecule has 1 saturated carbocycles. The minimum absolute atomic E-state index is 0.0283. The lowest BCUT2D eigenvalue weighted by Crippen LogP contribution is -2.46. The van der Waals surface area contributed by atoms with E-state index in [0.717, 1.165) is 25.7 Å². The van der Waals surface area contributed by atoms with Crippen molar-refractivity contribution >= 4 is 21.8 Å². The van der Waals surface area contributed by atoms with Gasteiger partial charge in [-0.2, -0.15) is 0 Å². The zero-order chi connectivity index (χ0) is 18.7. The Labute approximate surface area is 154 Å². The number of carbonyl (C=O) groups is 1. The summed E-state index contributed by atoms with van der Waals surface area (Å²) in [5.74, 6) is 0.513. The van der Waals surface area contributed by atoms with Crippen LogP contribution < -0.4 is 15.8 Å². The average molecular weight is 378 g/mol. The minimum Gasteiger partial charge on any atom is -0.350 e. The summed E-state index contributed by atoms with van der Waals surface area (Å²) >= 11 is 0. The van der Waals surface area contributed by atoms with Gasteiger partial charge in [-0.15, -0.1) is 0 Å². The first kappa shape index (κ1) is 18.8. The van der Waals surface area contributed by atoms with Crippen LogP contribution in [0.2, 0.25) is 0 Å². The molecular weight excluding hydrogens is 352 g/mol. The van der Waals surface area contributed by atoms with Gasteiger partial charge >= 0.3 is 0 Å². The Bertz CT molecular complexity index is 802. The van der Waals surface area contributed by atoms with Gasteiger partial charge in [-0.05, 0) is 37.3 Å². The smallest absolute Gasteiger partial charge is 0.263 e. The molecule has 1 fully saturated rings. The third-order valence-corrected chi connectivity index (χ3v) is 6.25. The van der Waals surface area contributed by atoms with Crippen molar-refractivity contribution in [2.24, 2.45) is 16.6 Å². The van der Waals surface area contributed by atoms with E-state index in [9.17, 15) is 13.2 Å². The molecule has 0 spiro atoms. The molecule has 1 aromatic rings. The topological polar surface area (TPSA) is 114 Å². The van der Waals surface area contributed by atoms with E-state index in [1.165, 1.54) is 0 Å². The van der Waals surface area contributed by atoms with Gasteiger partial charge in [0.1, 0.15) is 11.9 Å². The molecule has 2 aliphatic rings. The Morgan fingerprint density at radius 2 is 2.12 bits per heavy atom. The van der Waals surface area contributed by atoms with Crippen molar-refractivity contribution in [3.63, 3.8) is 0 Å². The molecule has 1 aliphatic carbocycles. The lowest BCUT2D eigenvalue weighted by atomic mass is 10.1. The Morgan fingerprint density at radius 1 is 1.38 bits per heavy atom. The monoisotopic (exact) mass is 378 g/mol. The SMILES string of the molecule is CCCCC(N=C1NS(=O)(=O)c2ccccc21)C(=O)NC(CN)C1CC1. The van der Waals surface area contributed by atoms with Crippen molar-refractivity contribution in [1.29, 1.82) is 0 Å². The van der Waals surface area contributed by atoms with Gasteiger partial charge in [0.15, 0.2) is 0 Å². The second-order valence-corrected chi connectivity index (χ2v) is 8.58. The number of aliphatic imine (C=N–C) groups is 1. The maximum Gasteiger partial charge on any atom is 0.263 e. The number of amidine groups is 1. The molecular formula is C18H26N4O3S. The number of hydrogen-bond acceptors (Lipinski definition) is 5. The molecule has 3 rings (SSSR count).